The van der Waals surface area contributed by atoms with Crippen LogP contribution in [0.5, 0.6) is 0 Å². The molecular weight excluding hydrogens is 252 g/mol. The Balaban J connectivity index is 1.62. The van der Waals surface area contributed by atoms with Crippen molar-refractivity contribution in [3.63, 3.8) is 0 Å². The van der Waals surface area contributed by atoms with Crippen molar-refractivity contribution in [1.29, 1.82) is 0 Å². The van der Waals surface area contributed by atoms with Crippen molar-refractivity contribution in [1.82, 2.24) is 4.90 Å². The maximum absolute atomic E-state index is 6.47. The Bertz CT molecular complexity index is 408. The predicted molar refractivity (Wildman–Crippen MR) is 82.2 cm³/mol. The Kier molecular flexibility index (Phi) is 3.71. The van der Waals surface area contributed by atoms with Crippen LogP contribution in [0.25, 0.3) is 0 Å². The van der Waals surface area contributed by atoms with Crippen LogP contribution in [-0.4, -0.2) is 23.5 Å². The van der Waals surface area contributed by atoms with Crippen LogP contribution >= 0.6 is 11.3 Å². The molecule has 2 aliphatic rings. The van der Waals surface area contributed by atoms with Crippen molar-refractivity contribution in [2.75, 3.05) is 6.54 Å². The number of hydrogen-bond acceptors (Lipinski definition) is 3. The van der Waals surface area contributed by atoms with Gasteiger partial charge in [0, 0.05) is 30.1 Å². The third-order valence-electron chi connectivity index (χ3n) is 5.04. The molecule has 0 spiro atoms. The van der Waals surface area contributed by atoms with Crippen LogP contribution in [0.15, 0.2) is 17.5 Å². The Morgan fingerprint density at radius 3 is 2.68 bits per heavy atom. The summed E-state index contributed by atoms with van der Waals surface area (Å²) < 4.78 is 0. The van der Waals surface area contributed by atoms with Gasteiger partial charge in [0.1, 0.15) is 0 Å². The second-order valence-corrected chi connectivity index (χ2v) is 8.09. The van der Waals surface area contributed by atoms with Gasteiger partial charge in [-0.3, -0.25) is 4.90 Å². The second-order valence-electron chi connectivity index (χ2n) is 7.05. The summed E-state index contributed by atoms with van der Waals surface area (Å²) in [5, 5.41) is 2.19. The fraction of sp³-hybridized carbons (Fsp3) is 0.750. The molecule has 1 aromatic heterocycles. The average Bonchev–Trinajstić information content (AvgIpc) is 3.04. The predicted octanol–water partition coefficient (Wildman–Crippen LogP) is 3.48. The van der Waals surface area contributed by atoms with Gasteiger partial charge in [0.25, 0.3) is 0 Å². The monoisotopic (exact) mass is 278 g/mol. The van der Waals surface area contributed by atoms with Gasteiger partial charge in [-0.05, 0) is 48.5 Å². The van der Waals surface area contributed by atoms with Crippen LogP contribution in [0.4, 0.5) is 0 Å². The standard InChI is InChI=1S/C16H26N2S/c1-16(2)8-7-12(15(16)17)10-18(13-5-6-13)11-14-4-3-9-19-14/h3-4,9,12-13,15H,5-8,10-11,17H2,1-2H3. The molecule has 0 saturated heterocycles. The Hall–Kier alpha value is -0.380. The van der Waals surface area contributed by atoms with Crippen molar-refractivity contribution < 1.29 is 0 Å². The van der Waals surface area contributed by atoms with Crippen molar-refractivity contribution in [2.24, 2.45) is 17.1 Å². The molecule has 0 radical (unpaired) electrons. The summed E-state index contributed by atoms with van der Waals surface area (Å²) in [7, 11) is 0. The van der Waals surface area contributed by atoms with Crippen LogP contribution in [0.3, 0.4) is 0 Å². The summed E-state index contributed by atoms with van der Waals surface area (Å²) in [5.41, 5.74) is 6.81. The van der Waals surface area contributed by atoms with Crippen molar-refractivity contribution >= 4 is 11.3 Å². The van der Waals surface area contributed by atoms with Crippen molar-refractivity contribution in [3.8, 4) is 0 Å². The van der Waals surface area contributed by atoms with Crippen LogP contribution in [-0.2, 0) is 6.54 Å². The molecule has 0 aromatic carbocycles. The summed E-state index contributed by atoms with van der Waals surface area (Å²) in [6.07, 6.45) is 5.37. The molecule has 3 rings (SSSR count). The molecule has 1 aromatic rings. The molecule has 1 heterocycles. The number of nitrogens with two attached hydrogens (primary N) is 1. The average molecular weight is 278 g/mol. The van der Waals surface area contributed by atoms with Gasteiger partial charge in [0.2, 0.25) is 0 Å². The molecule has 19 heavy (non-hydrogen) atoms. The van der Waals surface area contributed by atoms with Crippen LogP contribution in [0.2, 0.25) is 0 Å². The van der Waals surface area contributed by atoms with E-state index in [9.17, 15) is 0 Å². The number of hydrogen-bond donors (Lipinski definition) is 1. The lowest BCUT2D eigenvalue weighted by Crippen LogP contribution is -2.42. The van der Waals surface area contributed by atoms with E-state index in [1.54, 1.807) is 0 Å². The van der Waals surface area contributed by atoms with Gasteiger partial charge in [0.15, 0.2) is 0 Å². The Morgan fingerprint density at radius 1 is 1.37 bits per heavy atom. The molecule has 106 valence electrons. The molecule has 0 amide bonds. The quantitative estimate of drug-likeness (QED) is 0.893. The van der Waals surface area contributed by atoms with E-state index in [0.29, 0.717) is 17.4 Å². The Labute approximate surface area is 121 Å². The van der Waals surface area contributed by atoms with E-state index < -0.39 is 0 Å². The molecule has 0 bridgehead atoms. The summed E-state index contributed by atoms with van der Waals surface area (Å²) in [5.74, 6) is 0.690. The third kappa shape index (κ3) is 3.04. The first-order valence-corrected chi connectivity index (χ1v) is 8.46. The molecule has 2 nitrogen and oxygen atoms in total. The van der Waals surface area contributed by atoms with E-state index in [-0.39, 0.29) is 0 Å². The summed E-state index contributed by atoms with van der Waals surface area (Å²) >= 11 is 1.88. The van der Waals surface area contributed by atoms with Crippen LogP contribution in [0, 0.1) is 11.3 Å². The van der Waals surface area contributed by atoms with E-state index in [2.05, 4.69) is 36.3 Å². The van der Waals surface area contributed by atoms with Gasteiger partial charge in [-0.15, -0.1) is 11.3 Å². The highest BCUT2D eigenvalue weighted by atomic mass is 32.1. The molecule has 2 aliphatic carbocycles. The Morgan fingerprint density at radius 2 is 2.16 bits per heavy atom. The zero-order valence-corrected chi connectivity index (χ0v) is 13.0. The maximum atomic E-state index is 6.47. The molecular formula is C16H26N2S. The molecule has 2 atom stereocenters. The number of thiophene rings is 1. The minimum atomic E-state index is 0.336. The maximum Gasteiger partial charge on any atom is 0.0330 e. The van der Waals surface area contributed by atoms with Gasteiger partial charge in [-0.2, -0.15) is 0 Å². The SMILES string of the molecule is CC1(C)CCC(CN(Cc2cccs2)C2CC2)C1N. The highest BCUT2D eigenvalue weighted by Gasteiger charge is 2.41. The first kappa shape index (κ1) is 13.6. The highest BCUT2D eigenvalue weighted by Crippen LogP contribution is 2.41. The topological polar surface area (TPSA) is 29.3 Å². The smallest absolute Gasteiger partial charge is 0.0330 e. The van der Waals surface area contributed by atoms with E-state index in [1.165, 1.54) is 37.1 Å². The second kappa shape index (κ2) is 5.19. The molecule has 2 fully saturated rings. The van der Waals surface area contributed by atoms with Gasteiger partial charge < -0.3 is 5.73 Å². The van der Waals surface area contributed by atoms with E-state index in [0.717, 1.165) is 12.6 Å². The summed E-state index contributed by atoms with van der Waals surface area (Å²) in [6, 6.07) is 5.63. The lowest BCUT2D eigenvalue weighted by molar-refractivity contribution is 0.191. The minimum absolute atomic E-state index is 0.336. The van der Waals surface area contributed by atoms with Gasteiger partial charge in [-0.1, -0.05) is 19.9 Å². The highest BCUT2D eigenvalue weighted by molar-refractivity contribution is 7.09. The number of rotatable bonds is 5. The van der Waals surface area contributed by atoms with Crippen LogP contribution < -0.4 is 5.73 Å². The van der Waals surface area contributed by atoms with Gasteiger partial charge >= 0.3 is 0 Å². The molecule has 0 aliphatic heterocycles. The minimum Gasteiger partial charge on any atom is -0.327 e. The third-order valence-corrected chi connectivity index (χ3v) is 5.90. The molecule has 2 unspecified atom stereocenters. The first-order chi connectivity index (χ1) is 9.06. The normalized spacial score (nSPS) is 30.1. The largest absolute Gasteiger partial charge is 0.327 e. The molecule has 2 saturated carbocycles. The lowest BCUT2D eigenvalue weighted by Gasteiger charge is -2.31. The van der Waals surface area contributed by atoms with Gasteiger partial charge in [-0.25, -0.2) is 0 Å². The lowest BCUT2D eigenvalue weighted by atomic mass is 9.85. The van der Waals surface area contributed by atoms with E-state index >= 15 is 0 Å². The van der Waals surface area contributed by atoms with E-state index in [1.807, 2.05) is 11.3 Å². The summed E-state index contributed by atoms with van der Waals surface area (Å²) in [6.45, 7) is 7.00. The van der Waals surface area contributed by atoms with Gasteiger partial charge in [0.05, 0.1) is 0 Å². The first-order valence-electron chi connectivity index (χ1n) is 7.58. The van der Waals surface area contributed by atoms with Crippen LogP contribution in [0.1, 0.15) is 44.4 Å². The molecule has 3 heteroatoms. The zero-order chi connectivity index (χ0) is 13.5. The summed E-state index contributed by atoms with van der Waals surface area (Å²) in [4.78, 5) is 4.19. The molecule has 2 N–H and O–H groups in total. The zero-order valence-electron chi connectivity index (χ0n) is 12.1. The van der Waals surface area contributed by atoms with Crippen molar-refractivity contribution in [3.05, 3.63) is 22.4 Å². The fourth-order valence-corrected chi connectivity index (χ4v) is 4.16. The van der Waals surface area contributed by atoms with Crippen molar-refractivity contribution in [2.45, 2.75) is 58.2 Å². The fourth-order valence-electron chi connectivity index (χ4n) is 3.43. The number of nitrogens with zero attached hydrogens (tertiary/aromatic N) is 1. The van der Waals surface area contributed by atoms with E-state index in [4.69, 9.17) is 5.73 Å².